The number of hydrogen-bond donors (Lipinski definition) is 2. The first-order chi connectivity index (χ1) is 10.6. The van der Waals surface area contributed by atoms with Gasteiger partial charge in [0.25, 0.3) is 0 Å². The van der Waals surface area contributed by atoms with Crippen LogP contribution in [-0.4, -0.2) is 31.9 Å². The zero-order valence-electron chi connectivity index (χ0n) is 11.9. The summed E-state index contributed by atoms with van der Waals surface area (Å²) in [5, 5.41) is 22.3. The van der Waals surface area contributed by atoms with E-state index in [1.165, 1.54) is 0 Å². The van der Waals surface area contributed by atoms with E-state index in [0.717, 1.165) is 36.2 Å². The molecule has 1 unspecified atom stereocenters. The molecule has 1 heterocycles. The van der Waals surface area contributed by atoms with E-state index >= 15 is 0 Å². The minimum absolute atomic E-state index is 0.00768. The molecule has 2 N–H and O–H groups in total. The minimum atomic E-state index is -0.962. The molecule has 22 heavy (non-hydrogen) atoms. The zero-order chi connectivity index (χ0) is 15.7. The first-order valence-corrected chi connectivity index (χ1v) is 7.18. The highest BCUT2D eigenvalue weighted by Gasteiger charge is 2.26. The Kier molecular flexibility index (Phi) is 3.66. The third kappa shape index (κ3) is 2.59. The van der Waals surface area contributed by atoms with Crippen molar-refractivity contribution in [3.05, 3.63) is 47.3 Å². The van der Waals surface area contributed by atoms with Crippen LogP contribution in [0.5, 0.6) is 0 Å². The number of fused-ring (bicyclic) bond motifs is 1. The van der Waals surface area contributed by atoms with E-state index in [9.17, 15) is 9.59 Å². The van der Waals surface area contributed by atoms with Gasteiger partial charge in [0.15, 0.2) is 0 Å². The van der Waals surface area contributed by atoms with Crippen LogP contribution in [0.25, 0.3) is 5.69 Å². The van der Waals surface area contributed by atoms with E-state index in [4.69, 9.17) is 10.2 Å². The van der Waals surface area contributed by atoms with Gasteiger partial charge in [0.2, 0.25) is 0 Å². The van der Waals surface area contributed by atoms with E-state index in [0.29, 0.717) is 0 Å². The van der Waals surface area contributed by atoms with Gasteiger partial charge in [-0.2, -0.15) is 5.10 Å². The number of carboxylic acid groups (broad SMARTS) is 2. The summed E-state index contributed by atoms with van der Waals surface area (Å²) in [6.45, 7) is 0. The molecule has 6 heteroatoms. The first kappa shape index (κ1) is 14.3. The summed E-state index contributed by atoms with van der Waals surface area (Å²) in [7, 11) is 0. The molecular formula is C16H16N2O4. The molecule has 0 aliphatic heterocycles. The summed E-state index contributed by atoms with van der Waals surface area (Å²) >= 11 is 0. The summed E-state index contributed by atoms with van der Waals surface area (Å²) in [4.78, 5) is 21.9. The Labute approximate surface area is 127 Å². The van der Waals surface area contributed by atoms with Crippen molar-refractivity contribution in [1.29, 1.82) is 0 Å². The molecule has 0 fully saturated rings. The molecule has 0 amide bonds. The lowest BCUT2D eigenvalue weighted by Gasteiger charge is -2.21. The highest BCUT2D eigenvalue weighted by Crippen LogP contribution is 2.34. The van der Waals surface area contributed by atoms with Crippen molar-refractivity contribution < 1.29 is 19.8 Å². The van der Waals surface area contributed by atoms with Crippen LogP contribution in [0.15, 0.2) is 30.5 Å². The largest absolute Gasteiger partial charge is 0.481 e. The highest BCUT2D eigenvalue weighted by atomic mass is 16.4. The van der Waals surface area contributed by atoms with E-state index in [1.54, 1.807) is 35.1 Å². The van der Waals surface area contributed by atoms with E-state index in [2.05, 4.69) is 5.10 Å². The maximum Gasteiger partial charge on any atom is 0.335 e. The second-order valence-electron chi connectivity index (χ2n) is 5.50. The number of benzene rings is 1. The molecule has 0 saturated carbocycles. The lowest BCUT2D eigenvalue weighted by molar-refractivity contribution is -0.137. The third-order valence-corrected chi connectivity index (χ3v) is 4.09. The molecule has 1 aliphatic rings. The molecule has 0 spiro atoms. The molecule has 1 aromatic heterocycles. The van der Waals surface area contributed by atoms with Crippen LogP contribution in [0.2, 0.25) is 0 Å². The molecule has 0 bridgehead atoms. The number of carboxylic acids is 2. The van der Waals surface area contributed by atoms with Crippen LogP contribution in [0.1, 0.15) is 46.8 Å². The zero-order valence-corrected chi connectivity index (χ0v) is 11.9. The third-order valence-electron chi connectivity index (χ3n) is 4.09. The molecule has 3 rings (SSSR count). The van der Waals surface area contributed by atoms with Gasteiger partial charge in [0, 0.05) is 5.69 Å². The predicted octanol–water partition coefficient (Wildman–Crippen LogP) is 2.47. The number of aromatic nitrogens is 2. The second-order valence-corrected chi connectivity index (χ2v) is 5.50. The van der Waals surface area contributed by atoms with Crippen LogP contribution in [0, 0.1) is 0 Å². The molecule has 6 nitrogen and oxygen atoms in total. The molecule has 1 aromatic carbocycles. The molecule has 114 valence electrons. The maximum atomic E-state index is 11.0. The van der Waals surface area contributed by atoms with Gasteiger partial charge < -0.3 is 10.2 Å². The smallest absolute Gasteiger partial charge is 0.335 e. The fraction of sp³-hybridized carbons (Fsp3) is 0.312. The van der Waals surface area contributed by atoms with Crippen molar-refractivity contribution in [1.82, 2.24) is 9.78 Å². The van der Waals surface area contributed by atoms with Crippen molar-refractivity contribution in [2.75, 3.05) is 0 Å². The summed E-state index contributed by atoms with van der Waals surface area (Å²) in [5.74, 6) is -1.75. The Morgan fingerprint density at radius 1 is 1.23 bits per heavy atom. The normalized spacial score (nSPS) is 17.0. The van der Waals surface area contributed by atoms with Crippen LogP contribution >= 0.6 is 0 Å². The van der Waals surface area contributed by atoms with Gasteiger partial charge in [0.05, 0.1) is 23.9 Å². The quantitative estimate of drug-likeness (QED) is 0.904. The minimum Gasteiger partial charge on any atom is -0.481 e. The Balaban J connectivity index is 1.94. The van der Waals surface area contributed by atoms with Gasteiger partial charge in [-0.3, -0.25) is 4.79 Å². The monoisotopic (exact) mass is 300 g/mol. The second kappa shape index (κ2) is 5.63. The fourth-order valence-corrected chi connectivity index (χ4v) is 3.04. The molecule has 1 atom stereocenters. The standard InChI is InChI=1S/C16H16N2O4/c19-15(20)8-11-2-1-3-14-13(11)9-17-18(14)12-6-4-10(5-7-12)16(21)22/h4-7,9,11H,1-3,8H2,(H,19,20)(H,21,22). The SMILES string of the molecule is O=C(O)CC1CCCc2c1cnn2-c1ccc(C(=O)O)cc1. The van der Waals surface area contributed by atoms with Crippen molar-refractivity contribution in [2.24, 2.45) is 0 Å². The van der Waals surface area contributed by atoms with Crippen LogP contribution in [-0.2, 0) is 11.2 Å². The Morgan fingerprint density at radius 2 is 1.95 bits per heavy atom. The summed E-state index contributed by atoms with van der Waals surface area (Å²) < 4.78 is 1.79. The van der Waals surface area contributed by atoms with Gasteiger partial charge in [-0.05, 0) is 55.0 Å². The summed E-state index contributed by atoms with van der Waals surface area (Å²) in [5.41, 5.74) is 3.05. The number of aliphatic carboxylic acids is 1. The van der Waals surface area contributed by atoms with E-state index in [-0.39, 0.29) is 17.9 Å². The van der Waals surface area contributed by atoms with Gasteiger partial charge in [-0.1, -0.05) is 0 Å². The van der Waals surface area contributed by atoms with Gasteiger partial charge in [-0.15, -0.1) is 0 Å². The number of aromatic carboxylic acids is 1. The number of hydrogen-bond acceptors (Lipinski definition) is 3. The van der Waals surface area contributed by atoms with E-state index < -0.39 is 11.9 Å². The van der Waals surface area contributed by atoms with Crippen LogP contribution < -0.4 is 0 Å². The topological polar surface area (TPSA) is 92.4 Å². The van der Waals surface area contributed by atoms with Crippen molar-refractivity contribution in [3.8, 4) is 5.69 Å². The summed E-state index contributed by atoms with van der Waals surface area (Å²) in [6.07, 6.45) is 4.52. The maximum absolute atomic E-state index is 11.0. The van der Waals surface area contributed by atoms with E-state index in [1.807, 2.05) is 0 Å². The van der Waals surface area contributed by atoms with Crippen LogP contribution in [0.3, 0.4) is 0 Å². The lowest BCUT2D eigenvalue weighted by atomic mass is 9.85. The Hall–Kier alpha value is -2.63. The van der Waals surface area contributed by atoms with Gasteiger partial charge in [-0.25, -0.2) is 9.48 Å². The summed E-state index contributed by atoms with van der Waals surface area (Å²) in [6, 6.07) is 6.53. The number of rotatable bonds is 4. The average molecular weight is 300 g/mol. The first-order valence-electron chi connectivity index (χ1n) is 7.18. The highest BCUT2D eigenvalue weighted by molar-refractivity contribution is 5.87. The fourth-order valence-electron chi connectivity index (χ4n) is 3.04. The Morgan fingerprint density at radius 3 is 2.59 bits per heavy atom. The average Bonchev–Trinajstić information content (AvgIpc) is 2.92. The predicted molar refractivity (Wildman–Crippen MR) is 78.5 cm³/mol. The molecule has 0 radical (unpaired) electrons. The number of carbonyl (C=O) groups is 2. The molecule has 2 aromatic rings. The molecule has 1 aliphatic carbocycles. The van der Waals surface area contributed by atoms with Crippen LogP contribution in [0.4, 0.5) is 0 Å². The Bertz CT molecular complexity index is 718. The van der Waals surface area contributed by atoms with Crippen molar-refractivity contribution in [2.45, 2.75) is 31.6 Å². The molecular weight excluding hydrogens is 284 g/mol. The molecule has 0 saturated heterocycles. The van der Waals surface area contributed by atoms with Gasteiger partial charge in [0.1, 0.15) is 0 Å². The van der Waals surface area contributed by atoms with Crippen molar-refractivity contribution in [3.63, 3.8) is 0 Å². The number of nitrogens with zero attached hydrogens (tertiary/aromatic N) is 2. The van der Waals surface area contributed by atoms with Crippen molar-refractivity contribution >= 4 is 11.9 Å². The lowest BCUT2D eigenvalue weighted by Crippen LogP contribution is -2.14. The van der Waals surface area contributed by atoms with Gasteiger partial charge >= 0.3 is 11.9 Å².